The van der Waals surface area contributed by atoms with Crippen LogP contribution in [0.15, 0.2) is 36.5 Å². The lowest BCUT2D eigenvalue weighted by atomic mass is 10.2. The van der Waals surface area contributed by atoms with Crippen LogP contribution in [0.3, 0.4) is 0 Å². The molecule has 1 heterocycles. The molecular weight excluding hydrogens is 230 g/mol. The average molecular weight is 241 g/mol. The summed E-state index contributed by atoms with van der Waals surface area (Å²) in [7, 11) is 1.52. The van der Waals surface area contributed by atoms with Crippen molar-refractivity contribution in [3.8, 4) is 23.4 Å². The van der Waals surface area contributed by atoms with Gasteiger partial charge in [-0.15, -0.1) is 0 Å². The molecule has 2 N–H and O–H groups in total. The molecule has 2 rings (SSSR count). The van der Waals surface area contributed by atoms with E-state index in [1.54, 1.807) is 36.5 Å². The van der Waals surface area contributed by atoms with E-state index < -0.39 is 0 Å². The van der Waals surface area contributed by atoms with Crippen LogP contribution >= 0.6 is 0 Å². The van der Waals surface area contributed by atoms with Crippen LogP contribution in [0.25, 0.3) is 0 Å². The van der Waals surface area contributed by atoms with Gasteiger partial charge in [0.05, 0.1) is 7.11 Å². The SMILES string of the molecule is COc1cc(N)ccc1Oc1ncccc1C#N. The van der Waals surface area contributed by atoms with Crippen molar-refractivity contribution in [2.75, 3.05) is 12.8 Å². The second-order valence-corrected chi connectivity index (χ2v) is 3.48. The molecule has 0 saturated carbocycles. The zero-order chi connectivity index (χ0) is 13.0. The van der Waals surface area contributed by atoms with Crippen molar-refractivity contribution in [2.24, 2.45) is 0 Å². The molecule has 5 nitrogen and oxygen atoms in total. The molecule has 5 heteroatoms. The maximum atomic E-state index is 8.95. The Bertz CT molecular complexity index is 605. The monoisotopic (exact) mass is 241 g/mol. The number of nitrogens with two attached hydrogens (primary N) is 1. The molecule has 2 aromatic rings. The molecule has 0 bridgehead atoms. The third kappa shape index (κ3) is 2.33. The fourth-order valence-corrected chi connectivity index (χ4v) is 1.43. The number of methoxy groups -OCH3 is 1. The number of ether oxygens (including phenoxy) is 2. The highest BCUT2D eigenvalue weighted by molar-refractivity contribution is 5.53. The Morgan fingerprint density at radius 3 is 2.83 bits per heavy atom. The van der Waals surface area contributed by atoms with Gasteiger partial charge in [-0.3, -0.25) is 0 Å². The number of pyridine rings is 1. The molecule has 0 amide bonds. The molecule has 0 aliphatic rings. The molecule has 0 aliphatic heterocycles. The van der Waals surface area contributed by atoms with E-state index in [1.165, 1.54) is 7.11 Å². The summed E-state index contributed by atoms with van der Waals surface area (Å²) in [6.45, 7) is 0. The van der Waals surface area contributed by atoms with E-state index in [0.29, 0.717) is 22.7 Å². The number of aromatic nitrogens is 1. The Morgan fingerprint density at radius 1 is 1.28 bits per heavy atom. The summed E-state index contributed by atoms with van der Waals surface area (Å²) in [5.41, 5.74) is 6.58. The first-order valence-electron chi connectivity index (χ1n) is 5.21. The number of anilines is 1. The van der Waals surface area contributed by atoms with Crippen LogP contribution in [0, 0.1) is 11.3 Å². The van der Waals surface area contributed by atoms with Gasteiger partial charge in [-0.2, -0.15) is 5.26 Å². The van der Waals surface area contributed by atoms with Crippen molar-refractivity contribution >= 4 is 5.69 Å². The first kappa shape index (κ1) is 11.7. The molecule has 0 spiro atoms. The minimum Gasteiger partial charge on any atom is -0.493 e. The van der Waals surface area contributed by atoms with E-state index in [2.05, 4.69) is 4.98 Å². The molecule has 0 aliphatic carbocycles. The zero-order valence-electron chi connectivity index (χ0n) is 9.75. The molecule has 0 unspecified atom stereocenters. The predicted octanol–water partition coefficient (Wildman–Crippen LogP) is 2.34. The predicted molar refractivity (Wildman–Crippen MR) is 66.4 cm³/mol. The molecule has 0 saturated heterocycles. The molecule has 1 aromatic heterocycles. The fourth-order valence-electron chi connectivity index (χ4n) is 1.43. The normalized spacial score (nSPS) is 9.56. The van der Waals surface area contributed by atoms with E-state index in [4.69, 9.17) is 20.5 Å². The number of hydrogen-bond donors (Lipinski definition) is 1. The number of hydrogen-bond acceptors (Lipinski definition) is 5. The number of nitrogen functional groups attached to an aromatic ring is 1. The van der Waals surface area contributed by atoms with Crippen LogP contribution in [-0.4, -0.2) is 12.1 Å². The summed E-state index contributed by atoms with van der Waals surface area (Å²) < 4.78 is 10.7. The summed E-state index contributed by atoms with van der Waals surface area (Å²) in [6, 6.07) is 10.3. The van der Waals surface area contributed by atoms with Crippen molar-refractivity contribution in [2.45, 2.75) is 0 Å². The van der Waals surface area contributed by atoms with Gasteiger partial charge in [0.2, 0.25) is 5.88 Å². The lowest BCUT2D eigenvalue weighted by Crippen LogP contribution is -1.95. The number of benzene rings is 1. The van der Waals surface area contributed by atoms with Crippen LogP contribution in [0.4, 0.5) is 5.69 Å². The standard InChI is InChI=1S/C13H11N3O2/c1-17-12-7-10(15)4-5-11(12)18-13-9(8-14)3-2-6-16-13/h2-7H,15H2,1H3. The van der Waals surface area contributed by atoms with Crippen molar-refractivity contribution in [1.29, 1.82) is 5.26 Å². The molecule has 18 heavy (non-hydrogen) atoms. The van der Waals surface area contributed by atoms with Gasteiger partial charge in [-0.05, 0) is 24.3 Å². The van der Waals surface area contributed by atoms with Crippen LogP contribution in [-0.2, 0) is 0 Å². The van der Waals surface area contributed by atoms with Gasteiger partial charge >= 0.3 is 0 Å². The molecule has 0 fully saturated rings. The Kier molecular flexibility index (Phi) is 3.30. The van der Waals surface area contributed by atoms with E-state index >= 15 is 0 Å². The van der Waals surface area contributed by atoms with Gasteiger partial charge in [0.1, 0.15) is 11.6 Å². The maximum absolute atomic E-state index is 8.95. The Labute approximate surface area is 104 Å². The van der Waals surface area contributed by atoms with Gasteiger partial charge in [-0.1, -0.05) is 0 Å². The molecule has 0 radical (unpaired) electrons. The van der Waals surface area contributed by atoms with Crippen LogP contribution in [0.2, 0.25) is 0 Å². The lowest BCUT2D eigenvalue weighted by molar-refractivity contribution is 0.374. The largest absolute Gasteiger partial charge is 0.493 e. The summed E-state index contributed by atoms with van der Waals surface area (Å²) in [5.74, 6) is 1.19. The lowest BCUT2D eigenvalue weighted by Gasteiger charge is -2.10. The first-order chi connectivity index (χ1) is 8.74. The van der Waals surface area contributed by atoms with E-state index in [9.17, 15) is 0 Å². The molecule has 1 aromatic carbocycles. The summed E-state index contributed by atoms with van der Waals surface area (Å²) in [5, 5.41) is 8.95. The van der Waals surface area contributed by atoms with Crippen molar-refractivity contribution in [3.63, 3.8) is 0 Å². The average Bonchev–Trinajstić information content (AvgIpc) is 2.41. The molecule has 90 valence electrons. The first-order valence-corrected chi connectivity index (χ1v) is 5.21. The van der Waals surface area contributed by atoms with Gasteiger partial charge in [0.25, 0.3) is 0 Å². The highest BCUT2D eigenvalue weighted by atomic mass is 16.5. The topological polar surface area (TPSA) is 81.2 Å². The quantitative estimate of drug-likeness (QED) is 0.834. The Balaban J connectivity index is 2.37. The zero-order valence-corrected chi connectivity index (χ0v) is 9.75. The van der Waals surface area contributed by atoms with Crippen molar-refractivity contribution in [3.05, 3.63) is 42.1 Å². The summed E-state index contributed by atoms with van der Waals surface area (Å²) in [6.07, 6.45) is 1.56. The molecular formula is C13H11N3O2. The van der Waals surface area contributed by atoms with E-state index in [0.717, 1.165) is 0 Å². The Hall–Kier alpha value is -2.74. The number of nitriles is 1. The third-order valence-corrected chi connectivity index (χ3v) is 2.29. The van der Waals surface area contributed by atoms with Gasteiger partial charge in [0.15, 0.2) is 11.5 Å². The van der Waals surface area contributed by atoms with Crippen LogP contribution < -0.4 is 15.2 Å². The van der Waals surface area contributed by atoms with Crippen molar-refractivity contribution in [1.82, 2.24) is 4.98 Å². The van der Waals surface area contributed by atoms with Crippen LogP contribution in [0.5, 0.6) is 17.4 Å². The molecule has 0 atom stereocenters. The van der Waals surface area contributed by atoms with Gasteiger partial charge < -0.3 is 15.2 Å². The highest BCUT2D eigenvalue weighted by Gasteiger charge is 2.10. The van der Waals surface area contributed by atoms with E-state index in [1.807, 2.05) is 6.07 Å². The van der Waals surface area contributed by atoms with Gasteiger partial charge in [0, 0.05) is 18.0 Å². The minimum atomic E-state index is 0.239. The van der Waals surface area contributed by atoms with Crippen LogP contribution in [0.1, 0.15) is 5.56 Å². The second-order valence-electron chi connectivity index (χ2n) is 3.48. The summed E-state index contributed by atoms with van der Waals surface area (Å²) >= 11 is 0. The number of nitrogens with zero attached hydrogens (tertiary/aromatic N) is 2. The second kappa shape index (κ2) is 5.06. The third-order valence-electron chi connectivity index (χ3n) is 2.29. The minimum absolute atomic E-state index is 0.239. The van der Waals surface area contributed by atoms with Gasteiger partial charge in [-0.25, -0.2) is 4.98 Å². The Morgan fingerprint density at radius 2 is 2.11 bits per heavy atom. The fraction of sp³-hybridized carbons (Fsp3) is 0.0769. The van der Waals surface area contributed by atoms with E-state index in [-0.39, 0.29) is 5.88 Å². The smallest absolute Gasteiger partial charge is 0.237 e. The summed E-state index contributed by atoms with van der Waals surface area (Å²) in [4.78, 5) is 4.01. The maximum Gasteiger partial charge on any atom is 0.237 e. The highest BCUT2D eigenvalue weighted by Crippen LogP contribution is 2.33. The number of rotatable bonds is 3. The van der Waals surface area contributed by atoms with Crippen molar-refractivity contribution < 1.29 is 9.47 Å².